The molecular formula is C21H25NO6. The Bertz CT molecular complexity index is 775. The maximum absolute atomic E-state index is 12.7. The Balaban J connectivity index is 2.05. The van der Waals surface area contributed by atoms with Gasteiger partial charge >= 0.3 is 5.97 Å². The molecule has 150 valence electrons. The molecule has 0 atom stereocenters. The molecule has 1 amide bonds. The smallest absolute Gasteiger partial charge is 0.307 e. The summed E-state index contributed by atoms with van der Waals surface area (Å²) in [6.45, 7) is 0.402. The Morgan fingerprint density at radius 3 is 2.18 bits per heavy atom. The number of benzene rings is 2. The summed E-state index contributed by atoms with van der Waals surface area (Å²) >= 11 is 0. The van der Waals surface area contributed by atoms with E-state index in [2.05, 4.69) is 4.74 Å². The molecule has 28 heavy (non-hydrogen) atoms. The van der Waals surface area contributed by atoms with E-state index < -0.39 is 0 Å². The second-order valence-corrected chi connectivity index (χ2v) is 5.93. The van der Waals surface area contributed by atoms with Crippen LogP contribution in [0.25, 0.3) is 0 Å². The molecule has 0 radical (unpaired) electrons. The van der Waals surface area contributed by atoms with Gasteiger partial charge < -0.3 is 23.8 Å². The molecule has 0 saturated heterocycles. The van der Waals surface area contributed by atoms with Gasteiger partial charge in [-0.1, -0.05) is 24.3 Å². The number of rotatable bonds is 10. The molecule has 0 aliphatic carbocycles. The predicted molar refractivity (Wildman–Crippen MR) is 104 cm³/mol. The van der Waals surface area contributed by atoms with E-state index in [0.29, 0.717) is 18.0 Å². The number of hydrogen-bond donors (Lipinski definition) is 0. The lowest BCUT2D eigenvalue weighted by atomic mass is 10.2. The highest BCUT2D eigenvalue weighted by Crippen LogP contribution is 2.25. The molecule has 0 saturated carbocycles. The third kappa shape index (κ3) is 6.19. The van der Waals surface area contributed by atoms with Crippen LogP contribution in [-0.2, 0) is 20.9 Å². The fraction of sp³-hybridized carbons (Fsp3) is 0.333. The Morgan fingerprint density at radius 1 is 0.893 bits per heavy atom. The van der Waals surface area contributed by atoms with Crippen LogP contribution in [0, 0.1) is 0 Å². The first-order valence-corrected chi connectivity index (χ1v) is 8.80. The lowest BCUT2D eigenvalue weighted by Gasteiger charge is -2.23. The van der Waals surface area contributed by atoms with E-state index in [4.69, 9.17) is 14.2 Å². The molecule has 0 spiro atoms. The summed E-state index contributed by atoms with van der Waals surface area (Å²) in [7, 11) is 4.45. The number of amides is 1. The molecule has 2 rings (SSSR count). The summed E-state index contributed by atoms with van der Waals surface area (Å²) in [5.41, 5.74) is 0.913. The molecule has 0 aromatic heterocycles. The van der Waals surface area contributed by atoms with Crippen LogP contribution < -0.4 is 14.2 Å². The van der Waals surface area contributed by atoms with Crippen LogP contribution in [0.4, 0.5) is 0 Å². The molecule has 0 N–H and O–H groups in total. The quantitative estimate of drug-likeness (QED) is 0.584. The second-order valence-electron chi connectivity index (χ2n) is 5.93. The summed E-state index contributed by atoms with van der Waals surface area (Å²) in [5.74, 6) is 1.14. The van der Waals surface area contributed by atoms with Gasteiger partial charge in [0.25, 0.3) is 5.91 Å². The van der Waals surface area contributed by atoms with Gasteiger partial charge in [0, 0.05) is 13.1 Å². The number of nitrogens with zero attached hydrogens (tertiary/aromatic N) is 1. The van der Waals surface area contributed by atoms with Gasteiger partial charge in [-0.2, -0.15) is 0 Å². The highest BCUT2D eigenvalue weighted by atomic mass is 16.5. The van der Waals surface area contributed by atoms with Crippen LogP contribution in [0.1, 0.15) is 12.0 Å². The minimum atomic E-state index is -0.377. The molecule has 0 fully saturated rings. The maximum atomic E-state index is 12.7. The molecule has 0 bridgehead atoms. The molecule has 7 nitrogen and oxygen atoms in total. The van der Waals surface area contributed by atoms with Crippen LogP contribution in [0.3, 0.4) is 0 Å². The zero-order chi connectivity index (χ0) is 20.4. The second kappa shape index (κ2) is 10.8. The number of ether oxygens (including phenoxy) is 4. The summed E-state index contributed by atoms with van der Waals surface area (Å²) in [6, 6.07) is 14.5. The minimum absolute atomic E-state index is 0.104. The van der Waals surface area contributed by atoms with Gasteiger partial charge in [-0.15, -0.1) is 0 Å². The molecule has 0 aliphatic heterocycles. The van der Waals surface area contributed by atoms with E-state index in [1.165, 1.54) is 14.2 Å². The summed E-state index contributed by atoms with van der Waals surface area (Å²) < 4.78 is 20.7. The number of carbonyl (C=O) groups excluding carboxylic acids is 2. The molecule has 2 aromatic rings. The molecule has 0 heterocycles. The van der Waals surface area contributed by atoms with Crippen LogP contribution >= 0.6 is 0 Å². The van der Waals surface area contributed by atoms with Crippen molar-refractivity contribution in [1.29, 1.82) is 0 Å². The highest BCUT2D eigenvalue weighted by Gasteiger charge is 2.17. The zero-order valence-corrected chi connectivity index (χ0v) is 16.3. The number of carbonyl (C=O) groups is 2. The summed E-state index contributed by atoms with van der Waals surface area (Å²) in [4.78, 5) is 25.8. The van der Waals surface area contributed by atoms with Gasteiger partial charge in [0.2, 0.25) is 0 Å². The first-order valence-electron chi connectivity index (χ1n) is 8.80. The van der Waals surface area contributed by atoms with Gasteiger partial charge in [0.15, 0.2) is 18.1 Å². The van der Waals surface area contributed by atoms with Crippen LogP contribution in [0.15, 0.2) is 48.5 Å². The van der Waals surface area contributed by atoms with Crippen molar-refractivity contribution in [2.75, 3.05) is 34.5 Å². The van der Waals surface area contributed by atoms with Gasteiger partial charge in [0.05, 0.1) is 27.8 Å². The fourth-order valence-electron chi connectivity index (χ4n) is 2.54. The Hall–Kier alpha value is -3.22. The summed E-state index contributed by atoms with van der Waals surface area (Å²) in [6.07, 6.45) is 0.104. The monoisotopic (exact) mass is 387 g/mol. The number of methoxy groups -OCH3 is 3. The van der Waals surface area contributed by atoms with Crippen molar-refractivity contribution in [3.05, 3.63) is 54.1 Å². The van der Waals surface area contributed by atoms with Crippen molar-refractivity contribution >= 4 is 11.9 Å². The minimum Gasteiger partial charge on any atom is -0.497 e. The van der Waals surface area contributed by atoms with Crippen LogP contribution in [-0.4, -0.2) is 51.3 Å². The average molecular weight is 387 g/mol. The third-order valence-electron chi connectivity index (χ3n) is 4.12. The van der Waals surface area contributed by atoms with Crippen LogP contribution in [0.5, 0.6) is 17.2 Å². The van der Waals surface area contributed by atoms with E-state index in [1.54, 1.807) is 30.2 Å². The Kier molecular flexibility index (Phi) is 8.14. The van der Waals surface area contributed by atoms with Crippen molar-refractivity contribution in [1.82, 2.24) is 4.90 Å². The summed E-state index contributed by atoms with van der Waals surface area (Å²) in [5, 5.41) is 0. The number of para-hydroxylation sites is 2. The fourth-order valence-corrected chi connectivity index (χ4v) is 2.54. The van der Waals surface area contributed by atoms with Crippen molar-refractivity contribution in [2.24, 2.45) is 0 Å². The van der Waals surface area contributed by atoms with Gasteiger partial charge in [-0.3, -0.25) is 9.59 Å². The number of esters is 1. The number of hydrogen-bond acceptors (Lipinski definition) is 6. The predicted octanol–water partition coefficient (Wildman–Crippen LogP) is 2.67. The normalized spacial score (nSPS) is 10.1. The van der Waals surface area contributed by atoms with E-state index in [9.17, 15) is 9.59 Å². The van der Waals surface area contributed by atoms with E-state index >= 15 is 0 Å². The molecular weight excluding hydrogens is 362 g/mol. The van der Waals surface area contributed by atoms with Crippen molar-refractivity contribution in [3.63, 3.8) is 0 Å². The lowest BCUT2D eigenvalue weighted by Crippen LogP contribution is -2.36. The van der Waals surface area contributed by atoms with Crippen molar-refractivity contribution < 1.29 is 28.5 Å². The topological polar surface area (TPSA) is 74.3 Å². The standard InChI is InChI=1S/C21H25NO6/c1-25-17-10-8-16(9-11-17)14-22(13-12-21(24)27-3)20(23)15-28-19-7-5-4-6-18(19)26-2/h4-11H,12-15H2,1-3H3. The van der Waals surface area contributed by atoms with Gasteiger partial charge in [-0.05, 0) is 29.8 Å². The lowest BCUT2D eigenvalue weighted by molar-refractivity contribution is -0.142. The Labute approximate surface area is 164 Å². The largest absolute Gasteiger partial charge is 0.497 e. The SMILES string of the molecule is COC(=O)CCN(Cc1ccc(OC)cc1)C(=O)COc1ccccc1OC. The van der Waals surface area contributed by atoms with E-state index in [1.807, 2.05) is 30.3 Å². The third-order valence-corrected chi connectivity index (χ3v) is 4.12. The molecule has 0 unspecified atom stereocenters. The van der Waals surface area contributed by atoms with E-state index in [-0.39, 0.29) is 31.4 Å². The average Bonchev–Trinajstić information content (AvgIpc) is 2.75. The van der Waals surface area contributed by atoms with Crippen molar-refractivity contribution in [2.45, 2.75) is 13.0 Å². The van der Waals surface area contributed by atoms with Gasteiger partial charge in [-0.25, -0.2) is 0 Å². The first kappa shape index (κ1) is 21.1. The highest BCUT2D eigenvalue weighted by molar-refractivity contribution is 5.78. The van der Waals surface area contributed by atoms with E-state index in [0.717, 1.165) is 11.3 Å². The first-order chi connectivity index (χ1) is 13.6. The molecule has 7 heteroatoms. The Morgan fingerprint density at radius 2 is 1.57 bits per heavy atom. The van der Waals surface area contributed by atoms with Crippen molar-refractivity contribution in [3.8, 4) is 17.2 Å². The maximum Gasteiger partial charge on any atom is 0.307 e. The van der Waals surface area contributed by atoms with Gasteiger partial charge in [0.1, 0.15) is 5.75 Å². The molecule has 2 aromatic carbocycles. The molecule has 0 aliphatic rings. The zero-order valence-electron chi connectivity index (χ0n) is 16.3. The van der Waals surface area contributed by atoms with Crippen LogP contribution in [0.2, 0.25) is 0 Å².